The number of hydrogen-bond donors (Lipinski definition) is 2. The van der Waals surface area contributed by atoms with E-state index in [1.165, 1.54) is 6.07 Å². The predicted octanol–water partition coefficient (Wildman–Crippen LogP) is 3.23. The summed E-state index contributed by atoms with van der Waals surface area (Å²) in [6.07, 6.45) is 8.19. The summed E-state index contributed by atoms with van der Waals surface area (Å²) in [4.78, 5) is 11.5. The molecule has 10 atom stereocenters. The third-order valence-corrected chi connectivity index (χ3v) is 10.2. The Hall–Kier alpha value is -1.17. The van der Waals surface area contributed by atoms with Crippen LogP contribution in [0.5, 0.6) is 0 Å². The first-order valence-electron chi connectivity index (χ1n) is 11.4. The lowest BCUT2D eigenvalue weighted by atomic mass is 9.44. The Labute approximate surface area is 171 Å². The van der Waals surface area contributed by atoms with E-state index >= 15 is 0 Å². The smallest absolute Gasteiger partial charge is 0.335 e. The van der Waals surface area contributed by atoms with Crippen LogP contribution in [-0.4, -0.2) is 34.1 Å². The molecule has 1 aromatic rings. The van der Waals surface area contributed by atoms with E-state index in [4.69, 9.17) is 9.15 Å². The van der Waals surface area contributed by atoms with E-state index in [-0.39, 0.29) is 40.2 Å². The molecule has 5 heteroatoms. The van der Waals surface area contributed by atoms with Crippen LogP contribution in [0.1, 0.15) is 70.3 Å². The van der Waals surface area contributed by atoms with Crippen molar-refractivity contribution in [3.8, 4) is 0 Å². The fraction of sp³-hybridized carbons (Fsp3) is 0.792. The number of rotatable bonds is 1. The molecule has 5 fully saturated rings. The molecule has 0 radical (unpaired) electrons. The molecule has 1 aliphatic heterocycles. The van der Waals surface area contributed by atoms with Crippen LogP contribution in [0, 0.1) is 28.6 Å². The van der Waals surface area contributed by atoms with E-state index < -0.39 is 6.10 Å². The summed E-state index contributed by atoms with van der Waals surface area (Å²) in [5, 5.41) is 21.5. The Kier molecular flexibility index (Phi) is 3.68. The number of aliphatic hydroxyl groups is 2. The molecule has 4 aliphatic carbocycles. The number of hydrogen-bond acceptors (Lipinski definition) is 5. The molecule has 1 aromatic heterocycles. The van der Waals surface area contributed by atoms with E-state index in [0.29, 0.717) is 17.8 Å². The zero-order valence-corrected chi connectivity index (χ0v) is 17.3. The van der Waals surface area contributed by atoms with Crippen LogP contribution in [0.25, 0.3) is 0 Å². The zero-order valence-electron chi connectivity index (χ0n) is 17.3. The second kappa shape index (κ2) is 5.74. The van der Waals surface area contributed by atoms with Crippen molar-refractivity contribution < 1.29 is 19.4 Å². The third kappa shape index (κ3) is 2.14. The maximum atomic E-state index is 11.5. The number of aliphatic hydroxyl groups excluding tert-OH is 2. The summed E-state index contributed by atoms with van der Waals surface area (Å²) in [5.74, 6) is 1.63. The highest BCUT2D eigenvalue weighted by Crippen LogP contribution is 2.77. The highest BCUT2D eigenvalue weighted by molar-refractivity contribution is 5.38. The molecule has 1 spiro atoms. The number of fused-ring (bicyclic) bond motifs is 3. The fourth-order valence-corrected chi connectivity index (χ4v) is 8.81. The summed E-state index contributed by atoms with van der Waals surface area (Å²) in [7, 11) is 0. The lowest BCUT2D eigenvalue weighted by molar-refractivity contribution is -0.143. The Morgan fingerprint density at radius 1 is 1.03 bits per heavy atom. The first-order chi connectivity index (χ1) is 13.8. The van der Waals surface area contributed by atoms with Gasteiger partial charge in [0.25, 0.3) is 0 Å². The van der Waals surface area contributed by atoms with Gasteiger partial charge in [-0.15, -0.1) is 0 Å². The Morgan fingerprint density at radius 3 is 2.62 bits per heavy atom. The van der Waals surface area contributed by atoms with E-state index in [1.807, 2.05) is 6.07 Å². The van der Waals surface area contributed by atoms with Gasteiger partial charge >= 0.3 is 5.63 Å². The first-order valence-corrected chi connectivity index (χ1v) is 11.4. The van der Waals surface area contributed by atoms with Gasteiger partial charge < -0.3 is 19.4 Å². The molecule has 29 heavy (non-hydrogen) atoms. The molecule has 1 saturated heterocycles. The summed E-state index contributed by atoms with van der Waals surface area (Å²) in [5.41, 5.74) is 0.457. The molecule has 4 saturated carbocycles. The SMILES string of the molecule is C[C@@]12CC[C@H](O)C[C@H]1CC[C@H]1[C@@H]2CC[C@@]2(C)[C@H](c3ccc(=O)oc3)[C@@H](O)[C@H]3O[C@]312. The standard InChI is InChI=1S/C24H32O5/c1-22-9-7-15(25)11-14(22)4-5-17-16(22)8-10-23(2)19(13-3-6-18(26)28-12-13)20(27)21-24(17,23)29-21/h3,6,12,14-17,19-21,25,27H,4-5,7-11H2,1-2H3/t14-,15+,16+,17+,19-,20-,21-,22-,23+,24+/m1/s1. The van der Waals surface area contributed by atoms with Crippen LogP contribution in [0.15, 0.2) is 27.6 Å². The summed E-state index contributed by atoms with van der Waals surface area (Å²) in [6.45, 7) is 4.76. The van der Waals surface area contributed by atoms with Crippen LogP contribution >= 0.6 is 0 Å². The molecule has 158 valence electrons. The largest absolute Gasteiger partial charge is 0.431 e. The summed E-state index contributed by atoms with van der Waals surface area (Å²) < 4.78 is 11.6. The molecule has 5 nitrogen and oxygen atoms in total. The van der Waals surface area contributed by atoms with Crippen molar-refractivity contribution >= 4 is 0 Å². The average molecular weight is 401 g/mol. The predicted molar refractivity (Wildman–Crippen MR) is 106 cm³/mol. The molecule has 0 amide bonds. The second-order valence-corrected chi connectivity index (χ2v) is 11.1. The highest BCUT2D eigenvalue weighted by atomic mass is 16.6. The van der Waals surface area contributed by atoms with Crippen molar-refractivity contribution in [2.75, 3.05) is 0 Å². The minimum atomic E-state index is -0.551. The van der Waals surface area contributed by atoms with Gasteiger partial charge in [-0.05, 0) is 79.7 Å². The lowest BCUT2D eigenvalue weighted by Crippen LogP contribution is -2.58. The third-order valence-electron chi connectivity index (χ3n) is 10.2. The van der Waals surface area contributed by atoms with Gasteiger partial charge in [0.2, 0.25) is 0 Å². The Bertz CT molecular complexity index is 875. The van der Waals surface area contributed by atoms with Gasteiger partial charge in [0.15, 0.2) is 0 Å². The highest BCUT2D eigenvalue weighted by Gasteiger charge is 2.83. The molecular formula is C24H32O5. The van der Waals surface area contributed by atoms with Crippen LogP contribution in [0.3, 0.4) is 0 Å². The summed E-state index contributed by atoms with van der Waals surface area (Å²) in [6, 6.07) is 3.30. The van der Waals surface area contributed by atoms with Gasteiger partial charge in [0, 0.05) is 17.4 Å². The van der Waals surface area contributed by atoms with Crippen LogP contribution in [0.2, 0.25) is 0 Å². The lowest BCUT2D eigenvalue weighted by Gasteiger charge is -2.61. The molecular weight excluding hydrogens is 368 g/mol. The molecule has 2 N–H and O–H groups in total. The van der Waals surface area contributed by atoms with E-state index in [1.54, 1.807) is 6.26 Å². The van der Waals surface area contributed by atoms with Gasteiger partial charge in [0.05, 0.1) is 18.5 Å². The topological polar surface area (TPSA) is 83.2 Å². The van der Waals surface area contributed by atoms with E-state index in [0.717, 1.165) is 50.5 Å². The maximum absolute atomic E-state index is 11.5. The molecule has 6 rings (SSSR count). The van der Waals surface area contributed by atoms with Crippen LogP contribution < -0.4 is 5.63 Å². The average Bonchev–Trinajstić information content (AvgIpc) is 3.40. The minimum Gasteiger partial charge on any atom is -0.431 e. The molecule has 0 bridgehead atoms. The molecule has 0 aromatic carbocycles. The van der Waals surface area contributed by atoms with Gasteiger partial charge in [-0.2, -0.15) is 0 Å². The van der Waals surface area contributed by atoms with Crippen molar-refractivity contribution in [3.63, 3.8) is 0 Å². The Morgan fingerprint density at radius 2 is 1.86 bits per heavy atom. The Balaban J connectivity index is 1.38. The maximum Gasteiger partial charge on any atom is 0.335 e. The van der Waals surface area contributed by atoms with Crippen molar-refractivity contribution in [1.82, 2.24) is 0 Å². The summed E-state index contributed by atoms with van der Waals surface area (Å²) >= 11 is 0. The number of epoxide rings is 1. The molecule has 5 aliphatic rings. The second-order valence-electron chi connectivity index (χ2n) is 11.1. The van der Waals surface area contributed by atoms with Crippen LogP contribution in [0.4, 0.5) is 0 Å². The van der Waals surface area contributed by atoms with Gasteiger partial charge in [0.1, 0.15) is 11.7 Å². The first kappa shape index (κ1) is 18.6. The van der Waals surface area contributed by atoms with Gasteiger partial charge in [-0.25, -0.2) is 4.79 Å². The normalized spacial score (nSPS) is 55.4. The van der Waals surface area contributed by atoms with Crippen molar-refractivity contribution in [2.24, 2.45) is 28.6 Å². The van der Waals surface area contributed by atoms with Crippen molar-refractivity contribution in [2.45, 2.75) is 88.6 Å². The van der Waals surface area contributed by atoms with Crippen LogP contribution in [-0.2, 0) is 4.74 Å². The van der Waals surface area contributed by atoms with Gasteiger partial charge in [-0.3, -0.25) is 0 Å². The molecule has 0 unspecified atom stereocenters. The van der Waals surface area contributed by atoms with Gasteiger partial charge in [-0.1, -0.05) is 13.8 Å². The fourth-order valence-electron chi connectivity index (χ4n) is 8.81. The quantitative estimate of drug-likeness (QED) is 0.707. The minimum absolute atomic E-state index is 0.0507. The monoisotopic (exact) mass is 400 g/mol. The number of ether oxygens (including phenoxy) is 1. The zero-order chi connectivity index (χ0) is 20.2. The van der Waals surface area contributed by atoms with Crippen molar-refractivity contribution in [3.05, 3.63) is 34.4 Å². The van der Waals surface area contributed by atoms with E-state index in [2.05, 4.69) is 13.8 Å². The molecule has 2 heterocycles. The van der Waals surface area contributed by atoms with Crippen molar-refractivity contribution in [1.29, 1.82) is 0 Å². The van der Waals surface area contributed by atoms with E-state index in [9.17, 15) is 15.0 Å².